The van der Waals surface area contributed by atoms with Crippen LogP contribution in [0.15, 0.2) is 0 Å². The molecule has 1 aromatic rings. The topological polar surface area (TPSA) is 50.2 Å². The summed E-state index contributed by atoms with van der Waals surface area (Å²) < 4.78 is 0. The highest BCUT2D eigenvalue weighted by molar-refractivity contribution is 7.13. The first-order valence-corrected chi connectivity index (χ1v) is 6.26. The van der Waals surface area contributed by atoms with Crippen molar-refractivity contribution < 1.29 is 9.90 Å². The molecule has 3 nitrogen and oxygen atoms in total. The first-order chi connectivity index (χ1) is 7.21. The summed E-state index contributed by atoms with van der Waals surface area (Å²) in [7, 11) is 0. The molecule has 1 fully saturated rings. The fourth-order valence-electron chi connectivity index (χ4n) is 3.04. The van der Waals surface area contributed by atoms with Gasteiger partial charge in [0.15, 0.2) is 0 Å². The second kappa shape index (κ2) is 3.04. The fourth-order valence-corrected chi connectivity index (χ4v) is 4.06. The van der Waals surface area contributed by atoms with Gasteiger partial charge < -0.3 is 5.11 Å². The molecule has 2 aliphatic rings. The summed E-state index contributed by atoms with van der Waals surface area (Å²) in [4.78, 5) is 16.4. The smallest absolute Gasteiger partial charge is 0.365 e. The summed E-state index contributed by atoms with van der Waals surface area (Å²) in [6.45, 7) is 0. The lowest BCUT2D eigenvalue weighted by molar-refractivity contribution is 0.0696. The molecule has 4 heteroatoms. The third-order valence-electron chi connectivity index (χ3n) is 3.77. The molecule has 0 saturated heterocycles. The van der Waals surface area contributed by atoms with E-state index in [1.807, 2.05) is 0 Å². The predicted octanol–water partition coefficient (Wildman–Crippen LogP) is 2.60. The molecule has 0 unspecified atom stereocenters. The Balaban J connectivity index is 2.05. The number of fused-ring (bicyclic) bond motifs is 2. The molecule has 15 heavy (non-hydrogen) atoms. The quantitative estimate of drug-likeness (QED) is 0.796. The zero-order valence-electron chi connectivity index (χ0n) is 8.45. The van der Waals surface area contributed by atoms with E-state index < -0.39 is 5.97 Å². The van der Waals surface area contributed by atoms with Crippen molar-refractivity contribution in [2.75, 3.05) is 0 Å². The molecule has 1 saturated carbocycles. The van der Waals surface area contributed by atoms with Crippen LogP contribution in [0.4, 0.5) is 0 Å². The number of rotatable bonds is 1. The van der Waals surface area contributed by atoms with E-state index in [0.29, 0.717) is 0 Å². The lowest BCUT2D eigenvalue weighted by Gasteiger charge is -2.21. The van der Waals surface area contributed by atoms with Crippen LogP contribution in [0.5, 0.6) is 0 Å². The van der Waals surface area contributed by atoms with Crippen molar-refractivity contribution in [1.82, 2.24) is 4.98 Å². The Morgan fingerprint density at radius 2 is 2.07 bits per heavy atom. The van der Waals surface area contributed by atoms with Gasteiger partial charge in [-0.2, -0.15) is 0 Å². The number of aromatic carboxylic acids is 1. The summed E-state index contributed by atoms with van der Waals surface area (Å²) >= 11 is 1.38. The van der Waals surface area contributed by atoms with Crippen LogP contribution in [0.1, 0.15) is 52.5 Å². The molecule has 0 amide bonds. The number of hydrogen-bond donors (Lipinski definition) is 1. The third kappa shape index (κ3) is 1.24. The van der Waals surface area contributed by atoms with Gasteiger partial charge in [0.2, 0.25) is 5.01 Å². The molecule has 0 aliphatic heterocycles. The van der Waals surface area contributed by atoms with Gasteiger partial charge in [0, 0.05) is 10.3 Å². The Labute approximate surface area is 92.2 Å². The molecule has 0 bridgehead atoms. The van der Waals surface area contributed by atoms with E-state index in [-0.39, 0.29) is 10.4 Å². The molecule has 1 heterocycles. The second-order valence-corrected chi connectivity index (χ2v) is 5.67. The van der Waals surface area contributed by atoms with Gasteiger partial charge in [0.25, 0.3) is 0 Å². The average molecular weight is 223 g/mol. The number of thiazole rings is 1. The summed E-state index contributed by atoms with van der Waals surface area (Å²) in [6, 6.07) is 0. The molecule has 0 aromatic carbocycles. The van der Waals surface area contributed by atoms with Crippen LogP contribution >= 0.6 is 11.3 Å². The van der Waals surface area contributed by atoms with Crippen LogP contribution in [0.2, 0.25) is 0 Å². The normalized spacial score (nSPS) is 22.1. The minimum atomic E-state index is -0.873. The van der Waals surface area contributed by atoms with Crippen LogP contribution < -0.4 is 0 Å². The number of nitrogens with zero attached hydrogens (tertiary/aromatic N) is 1. The van der Waals surface area contributed by atoms with Crippen LogP contribution in [-0.2, 0) is 11.8 Å². The summed E-state index contributed by atoms with van der Waals surface area (Å²) in [5.74, 6) is -0.873. The van der Waals surface area contributed by atoms with Crippen LogP contribution in [0.25, 0.3) is 0 Å². The Morgan fingerprint density at radius 1 is 1.33 bits per heavy atom. The van der Waals surface area contributed by atoms with Crippen molar-refractivity contribution in [3.8, 4) is 0 Å². The van der Waals surface area contributed by atoms with Crippen LogP contribution in [0.3, 0.4) is 0 Å². The maximum Gasteiger partial charge on any atom is 0.365 e. The molecule has 1 aromatic heterocycles. The number of aryl methyl sites for hydroxylation is 1. The monoisotopic (exact) mass is 223 g/mol. The van der Waals surface area contributed by atoms with Crippen LogP contribution in [-0.4, -0.2) is 16.1 Å². The fraction of sp³-hybridized carbons (Fsp3) is 0.636. The zero-order valence-corrected chi connectivity index (χ0v) is 9.27. The van der Waals surface area contributed by atoms with Crippen molar-refractivity contribution in [2.45, 2.75) is 43.9 Å². The standard InChI is InChI=1S/C11H13NO2S/c13-10(14)9-12-8-7(15-9)3-6-11(8)4-1-2-5-11/h1-6H2,(H,13,14). The van der Waals surface area contributed by atoms with Gasteiger partial charge in [0.1, 0.15) is 0 Å². The van der Waals surface area contributed by atoms with Crippen molar-refractivity contribution >= 4 is 17.3 Å². The maximum atomic E-state index is 10.9. The first kappa shape index (κ1) is 9.33. The van der Waals surface area contributed by atoms with E-state index >= 15 is 0 Å². The van der Waals surface area contributed by atoms with Gasteiger partial charge in [-0.3, -0.25) is 0 Å². The molecule has 0 radical (unpaired) electrons. The highest BCUT2D eigenvalue weighted by Crippen LogP contribution is 2.50. The summed E-state index contributed by atoms with van der Waals surface area (Å²) in [5.41, 5.74) is 1.39. The average Bonchev–Trinajstić information content (AvgIpc) is 2.88. The number of carbonyl (C=O) groups is 1. The zero-order chi connectivity index (χ0) is 10.5. The number of carboxylic acid groups (broad SMARTS) is 1. The number of hydrogen-bond acceptors (Lipinski definition) is 3. The van der Waals surface area contributed by atoms with Crippen molar-refractivity contribution in [1.29, 1.82) is 0 Å². The van der Waals surface area contributed by atoms with Crippen molar-refractivity contribution in [3.63, 3.8) is 0 Å². The molecule has 1 spiro atoms. The van der Waals surface area contributed by atoms with Gasteiger partial charge in [-0.15, -0.1) is 11.3 Å². The van der Waals surface area contributed by atoms with E-state index in [2.05, 4.69) is 4.98 Å². The Kier molecular flexibility index (Phi) is 1.89. The third-order valence-corrected chi connectivity index (χ3v) is 4.88. The van der Waals surface area contributed by atoms with Gasteiger partial charge in [-0.25, -0.2) is 9.78 Å². The minimum Gasteiger partial charge on any atom is -0.476 e. The Hall–Kier alpha value is -0.900. The Morgan fingerprint density at radius 3 is 2.73 bits per heavy atom. The van der Waals surface area contributed by atoms with Crippen molar-refractivity contribution in [2.24, 2.45) is 0 Å². The summed E-state index contributed by atoms with van der Waals surface area (Å²) in [5, 5.41) is 9.20. The molecule has 1 N–H and O–H groups in total. The first-order valence-electron chi connectivity index (χ1n) is 5.45. The lowest BCUT2D eigenvalue weighted by atomic mass is 9.84. The second-order valence-electron chi connectivity index (χ2n) is 4.58. The molecule has 3 rings (SSSR count). The highest BCUT2D eigenvalue weighted by Gasteiger charge is 2.44. The van der Waals surface area contributed by atoms with Crippen LogP contribution in [0, 0.1) is 0 Å². The number of aromatic nitrogens is 1. The van der Waals surface area contributed by atoms with Gasteiger partial charge in [0.05, 0.1) is 5.69 Å². The lowest BCUT2D eigenvalue weighted by Crippen LogP contribution is -2.19. The Bertz CT molecular complexity index is 418. The summed E-state index contributed by atoms with van der Waals surface area (Å²) in [6.07, 6.45) is 7.21. The number of carboxylic acids is 1. The largest absolute Gasteiger partial charge is 0.476 e. The maximum absolute atomic E-state index is 10.9. The van der Waals surface area contributed by atoms with Gasteiger partial charge in [-0.1, -0.05) is 12.8 Å². The minimum absolute atomic E-state index is 0.263. The van der Waals surface area contributed by atoms with E-state index in [0.717, 1.165) is 12.1 Å². The molecule has 0 atom stereocenters. The van der Waals surface area contributed by atoms with E-state index in [1.165, 1.54) is 48.3 Å². The molecule has 2 aliphatic carbocycles. The predicted molar refractivity (Wildman–Crippen MR) is 57.5 cm³/mol. The SMILES string of the molecule is O=C(O)c1nc2c(s1)CCC21CCCC1. The highest BCUT2D eigenvalue weighted by atomic mass is 32.1. The van der Waals surface area contributed by atoms with Gasteiger partial charge >= 0.3 is 5.97 Å². The molecule has 80 valence electrons. The molecular weight excluding hydrogens is 210 g/mol. The molecular formula is C11H13NO2S. The van der Waals surface area contributed by atoms with Gasteiger partial charge in [-0.05, 0) is 25.7 Å². The van der Waals surface area contributed by atoms with E-state index in [1.54, 1.807) is 0 Å². The van der Waals surface area contributed by atoms with E-state index in [4.69, 9.17) is 5.11 Å². The van der Waals surface area contributed by atoms with E-state index in [9.17, 15) is 4.79 Å². The van der Waals surface area contributed by atoms with Crippen molar-refractivity contribution in [3.05, 3.63) is 15.6 Å².